The van der Waals surface area contributed by atoms with Crippen LogP contribution in [-0.4, -0.2) is 23.4 Å². The van der Waals surface area contributed by atoms with Crippen LogP contribution in [0.15, 0.2) is 24.3 Å². The van der Waals surface area contributed by atoms with Crippen LogP contribution >= 0.6 is 0 Å². The van der Waals surface area contributed by atoms with E-state index >= 15 is 0 Å². The number of nitrogen functional groups attached to an aromatic ring is 1. The van der Waals surface area contributed by atoms with Gasteiger partial charge in [-0.1, -0.05) is 26.0 Å². The Labute approximate surface area is 109 Å². The number of hydrogen-bond donors (Lipinski definition) is 2. The van der Waals surface area contributed by atoms with Gasteiger partial charge in [0.15, 0.2) is 0 Å². The van der Waals surface area contributed by atoms with Crippen LogP contribution < -0.4 is 11.5 Å². The highest BCUT2D eigenvalue weighted by Gasteiger charge is 2.21. The molecule has 0 aliphatic carbocycles. The van der Waals surface area contributed by atoms with Crippen LogP contribution in [0.5, 0.6) is 0 Å². The molecule has 1 atom stereocenters. The van der Waals surface area contributed by atoms with Crippen LogP contribution in [0.2, 0.25) is 0 Å². The van der Waals surface area contributed by atoms with Crippen molar-refractivity contribution in [1.29, 1.82) is 0 Å². The molecule has 0 spiro atoms. The third-order valence-corrected chi connectivity index (χ3v) is 3.00. The van der Waals surface area contributed by atoms with Crippen LogP contribution in [0.4, 0.5) is 5.69 Å². The average molecular weight is 249 g/mol. The minimum atomic E-state index is -0.255. The second kappa shape index (κ2) is 7.01. The summed E-state index contributed by atoms with van der Waals surface area (Å²) in [6, 6.07) is 7.55. The van der Waals surface area contributed by atoms with Crippen LogP contribution in [0.3, 0.4) is 0 Å². The van der Waals surface area contributed by atoms with E-state index in [9.17, 15) is 4.79 Å². The molecule has 0 bridgehead atoms. The number of benzene rings is 1. The highest BCUT2D eigenvalue weighted by atomic mass is 16.1. The number of carbonyl (C=O) groups is 1. The molecule has 1 unspecified atom stereocenters. The quantitative estimate of drug-likeness (QED) is 0.723. The van der Waals surface area contributed by atoms with E-state index in [0.29, 0.717) is 6.54 Å². The van der Waals surface area contributed by atoms with E-state index in [4.69, 9.17) is 11.5 Å². The number of primary amides is 1. The molecule has 0 saturated heterocycles. The summed E-state index contributed by atoms with van der Waals surface area (Å²) in [4.78, 5) is 13.6. The Morgan fingerprint density at radius 3 is 2.61 bits per heavy atom. The number of hydrogen-bond acceptors (Lipinski definition) is 3. The number of nitrogens with zero attached hydrogens (tertiary/aromatic N) is 1. The second-order valence-electron chi connectivity index (χ2n) is 4.54. The SMILES string of the molecule is CCCN(Cc1cccc(N)c1)C(CC)C(N)=O. The second-order valence-corrected chi connectivity index (χ2v) is 4.54. The van der Waals surface area contributed by atoms with Gasteiger partial charge in [-0.05, 0) is 37.1 Å². The number of carbonyl (C=O) groups excluding carboxylic acids is 1. The van der Waals surface area contributed by atoms with Crippen molar-refractivity contribution in [2.75, 3.05) is 12.3 Å². The summed E-state index contributed by atoms with van der Waals surface area (Å²) in [5.74, 6) is -0.255. The van der Waals surface area contributed by atoms with Gasteiger partial charge in [0, 0.05) is 12.2 Å². The molecule has 0 aromatic heterocycles. The minimum absolute atomic E-state index is 0.202. The fourth-order valence-corrected chi connectivity index (χ4v) is 2.20. The van der Waals surface area contributed by atoms with Gasteiger partial charge in [0.05, 0.1) is 6.04 Å². The van der Waals surface area contributed by atoms with Crippen LogP contribution in [0, 0.1) is 0 Å². The van der Waals surface area contributed by atoms with Crippen molar-refractivity contribution in [2.45, 2.75) is 39.3 Å². The molecular weight excluding hydrogens is 226 g/mol. The summed E-state index contributed by atoms with van der Waals surface area (Å²) in [6.07, 6.45) is 1.73. The first kappa shape index (κ1) is 14.5. The molecule has 4 heteroatoms. The van der Waals surface area contributed by atoms with E-state index < -0.39 is 0 Å². The molecule has 0 radical (unpaired) electrons. The molecule has 100 valence electrons. The van der Waals surface area contributed by atoms with Gasteiger partial charge in [-0.15, -0.1) is 0 Å². The summed E-state index contributed by atoms with van der Waals surface area (Å²) in [5.41, 5.74) is 13.1. The summed E-state index contributed by atoms with van der Waals surface area (Å²) >= 11 is 0. The molecule has 4 N–H and O–H groups in total. The number of rotatable bonds is 7. The third kappa shape index (κ3) is 4.04. The van der Waals surface area contributed by atoms with Crippen molar-refractivity contribution in [2.24, 2.45) is 5.73 Å². The maximum atomic E-state index is 11.5. The Morgan fingerprint density at radius 1 is 1.39 bits per heavy atom. The molecule has 1 rings (SSSR count). The van der Waals surface area contributed by atoms with Crippen molar-refractivity contribution >= 4 is 11.6 Å². The van der Waals surface area contributed by atoms with Gasteiger partial charge in [0.1, 0.15) is 0 Å². The lowest BCUT2D eigenvalue weighted by Crippen LogP contribution is -2.44. The van der Waals surface area contributed by atoms with Gasteiger partial charge < -0.3 is 11.5 Å². The minimum Gasteiger partial charge on any atom is -0.399 e. The molecule has 1 aromatic rings. The Hall–Kier alpha value is -1.55. The number of nitrogens with two attached hydrogens (primary N) is 2. The molecule has 0 fully saturated rings. The van der Waals surface area contributed by atoms with E-state index in [0.717, 1.165) is 30.6 Å². The summed E-state index contributed by atoms with van der Waals surface area (Å²) in [7, 11) is 0. The van der Waals surface area contributed by atoms with E-state index in [2.05, 4.69) is 11.8 Å². The molecule has 0 heterocycles. The highest BCUT2D eigenvalue weighted by molar-refractivity contribution is 5.79. The van der Waals surface area contributed by atoms with Crippen molar-refractivity contribution in [3.05, 3.63) is 29.8 Å². The molecule has 1 aromatic carbocycles. The predicted octanol–water partition coefficient (Wildman–Crippen LogP) is 1.74. The Bertz CT molecular complexity index is 392. The van der Waals surface area contributed by atoms with Crippen molar-refractivity contribution < 1.29 is 4.79 Å². The third-order valence-electron chi connectivity index (χ3n) is 3.00. The van der Waals surface area contributed by atoms with Gasteiger partial charge in [-0.3, -0.25) is 9.69 Å². The van der Waals surface area contributed by atoms with E-state index in [1.807, 2.05) is 31.2 Å². The molecule has 18 heavy (non-hydrogen) atoms. The molecule has 0 saturated carbocycles. The zero-order valence-electron chi connectivity index (χ0n) is 11.2. The lowest BCUT2D eigenvalue weighted by Gasteiger charge is -2.28. The van der Waals surface area contributed by atoms with Crippen molar-refractivity contribution in [3.63, 3.8) is 0 Å². The average Bonchev–Trinajstić information content (AvgIpc) is 2.29. The summed E-state index contributed by atoms with van der Waals surface area (Å²) in [5, 5.41) is 0. The van der Waals surface area contributed by atoms with Crippen molar-refractivity contribution in [3.8, 4) is 0 Å². The zero-order valence-corrected chi connectivity index (χ0v) is 11.2. The lowest BCUT2D eigenvalue weighted by molar-refractivity contribution is -0.123. The predicted molar refractivity (Wildman–Crippen MR) is 74.8 cm³/mol. The van der Waals surface area contributed by atoms with Crippen LogP contribution in [0.1, 0.15) is 32.3 Å². The van der Waals surface area contributed by atoms with E-state index in [1.54, 1.807) is 0 Å². The molecule has 4 nitrogen and oxygen atoms in total. The number of amides is 1. The molecular formula is C14H23N3O. The van der Waals surface area contributed by atoms with Gasteiger partial charge >= 0.3 is 0 Å². The van der Waals surface area contributed by atoms with Gasteiger partial charge in [-0.2, -0.15) is 0 Å². The van der Waals surface area contributed by atoms with Gasteiger partial charge in [0.2, 0.25) is 5.91 Å². The largest absolute Gasteiger partial charge is 0.399 e. The first-order chi connectivity index (χ1) is 8.58. The topological polar surface area (TPSA) is 72.3 Å². The normalized spacial score (nSPS) is 12.6. The standard InChI is InChI=1S/C14H23N3O/c1-3-8-17(13(4-2)14(16)18)10-11-6-5-7-12(15)9-11/h5-7,9,13H,3-4,8,10,15H2,1-2H3,(H2,16,18). The van der Waals surface area contributed by atoms with Crippen LogP contribution in [-0.2, 0) is 11.3 Å². The molecule has 0 aliphatic rings. The highest BCUT2D eigenvalue weighted by Crippen LogP contribution is 2.13. The Kier molecular flexibility index (Phi) is 5.65. The summed E-state index contributed by atoms with van der Waals surface area (Å²) in [6.45, 7) is 5.65. The Morgan fingerprint density at radius 2 is 2.11 bits per heavy atom. The summed E-state index contributed by atoms with van der Waals surface area (Å²) < 4.78 is 0. The van der Waals surface area contributed by atoms with E-state index in [1.165, 1.54) is 0 Å². The van der Waals surface area contributed by atoms with Crippen LogP contribution in [0.25, 0.3) is 0 Å². The Balaban J connectivity index is 2.82. The first-order valence-electron chi connectivity index (χ1n) is 6.46. The van der Waals surface area contributed by atoms with Gasteiger partial charge in [-0.25, -0.2) is 0 Å². The zero-order chi connectivity index (χ0) is 13.5. The molecule has 1 amide bonds. The van der Waals surface area contributed by atoms with Crippen molar-refractivity contribution in [1.82, 2.24) is 4.90 Å². The molecule has 0 aliphatic heterocycles. The smallest absolute Gasteiger partial charge is 0.234 e. The maximum Gasteiger partial charge on any atom is 0.234 e. The van der Waals surface area contributed by atoms with E-state index in [-0.39, 0.29) is 11.9 Å². The lowest BCUT2D eigenvalue weighted by atomic mass is 10.1. The fourth-order valence-electron chi connectivity index (χ4n) is 2.20. The van der Waals surface area contributed by atoms with Gasteiger partial charge in [0.25, 0.3) is 0 Å². The monoisotopic (exact) mass is 249 g/mol. The maximum absolute atomic E-state index is 11.5. The number of anilines is 1. The fraction of sp³-hybridized carbons (Fsp3) is 0.500. The first-order valence-corrected chi connectivity index (χ1v) is 6.46.